The Morgan fingerprint density at radius 2 is 2.00 bits per heavy atom. The molecule has 4 heteroatoms. The lowest BCUT2D eigenvalue weighted by Crippen LogP contribution is -2.21. The van der Waals surface area contributed by atoms with E-state index in [0.29, 0.717) is 6.04 Å². The first-order chi connectivity index (χ1) is 6.70. The molecule has 1 aromatic rings. The third-order valence-corrected chi connectivity index (χ3v) is 4.82. The maximum absolute atomic E-state index is 6.07. The minimum atomic E-state index is -0.923. The Morgan fingerprint density at radius 3 is 2.50 bits per heavy atom. The second-order valence-corrected chi connectivity index (χ2v) is 5.64. The Balaban J connectivity index is 2.21. The Bertz CT molecular complexity index is 308. The van der Waals surface area contributed by atoms with Crippen molar-refractivity contribution in [3.63, 3.8) is 0 Å². The summed E-state index contributed by atoms with van der Waals surface area (Å²) in [5.41, 5.74) is 1.21. The van der Waals surface area contributed by atoms with Crippen molar-refractivity contribution in [1.82, 2.24) is 4.67 Å². The van der Waals surface area contributed by atoms with E-state index in [0.717, 1.165) is 0 Å². The van der Waals surface area contributed by atoms with Crippen molar-refractivity contribution in [1.29, 1.82) is 0 Å². The highest BCUT2D eigenvalue weighted by molar-refractivity contribution is 7.78. The highest BCUT2D eigenvalue weighted by atomic mass is 35.7. The first kappa shape index (κ1) is 10.4. The van der Waals surface area contributed by atoms with Gasteiger partial charge in [0.05, 0.1) is 0 Å². The van der Waals surface area contributed by atoms with Gasteiger partial charge in [0.1, 0.15) is 6.10 Å². The van der Waals surface area contributed by atoms with Crippen LogP contribution in [0.15, 0.2) is 30.3 Å². The van der Waals surface area contributed by atoms with Gasteiger partial charge in [0.25, 0.3) is 0 Å². The molecule has 2 nitrogen and oxygen atoms in total. The van der Waals surface area contributed by atoms with Gasteiger partial charge in [-0.1, -0.05) is 30.3 Å². The molecular formula is C10H13ClNOP. The molecule has 76 valence electrons. The van der Waals surface area contributed by atoms with E-state index in [-0.39, 0.29) is 6.10 Å². The lowest BCUT2D eigenvalue weighted by Gasteiger charge is -2.17. The van der Waals surface area contributed by atoms with Gasteiger partial charge in [0.2, 0.25) is 7.65 Å². The van der Waals surface area contributed by atoms with E-state index >= 15 is 0 Å². The molecule has 0 bridgehead atoms. The van der Waals surface area contributed by atoms with Crippen LogP contribution in [0, 0.1) is 0 Å². The van der Waals surface area contributed by atoms with Gasteiger partial charge in [-0.25, -0.2) is 4.67 Å². The van der Waals surface area contributed by atoms with Crippen LogP contribution >= 0.6 is 18.9 Å². The van der Waals surface area contributed by atoms with E-state index in [9.17, 15) is 0 Å². The molecule has 2 rings (SSSR count). The van der Waals surface area contributed by atoms with Crippen LogP contribution in [0.25, 0.3) is 0 Å². The van der Waals surface area contributed by atoms with E-state index in [4.69, 9.17) is 15.8 Å². The molecule has 1 fully saturated rings. The van der Waals surface area contributed by atoms with Crippen LogP contribution in [-0.4, -0.2) is 17.8 Å². The van der Waals surface area contributed by atoms with Gasteiger partial charge >= 0.3 is 0 Å². The molecule has 1 heterocycles. The maximum atomic E-state index is 6.07. The van der Waals surface area contributed by atoms with Crippen LogP contribution in [0.2, 0.25) is 0 Å². The highest BCUT2D eigenvalue weighted by Crippen LogP contribution is 2.58. The topological polar surface area (TPSA) is 12.5 Å². The zero-order valence-electron chi connectivity index (χ0n) is 8.22. The molecule has 0 unspecified atom stereocenters. The molecule has 0 spiro atoms. The molecule has 0 aromatic heterocycles. The highest BCUT2D eigenvalue weighted by Gasteiger charge is 2.37. The van der Waals surface area contributed by atoms with Gasteiger partial charge in [-0.3, -0.25) is 0 Å². The summed E-state index contributed by atoms with van der Waals surface area (Å²) in [6, 6.07) is 10.6. The average Bonchev–Trinajstić information content (AvgIpc) is 2.47. The largest absolute Gasteiger partial charge is 0.322 e. The number of halogens is 1. The Hall–Kier alpha value is -0.140. The quantitative estimate of drug-likeness (QED) is 0.683. The van der Waals surface area contributed by atoms with E-state index < -0.39 is 7.65 Å². The minimum absolute atomic E-state index is 0.116. The summed E-state index contributed by atoms with van der Waals surface area (Å²) in [7, 11) is 1.08. The molecule has 0 aliphatic carbocycles. The molecule has 1 aliphatic rings. The first-order valence-electron chi connectivity index (χ1n) is 4.60. The fraction of sp³-hybridized carbons (Fsp3) is 0.400. The van der Waals surface area contributed by atoms with Crippen molar-refractivity contribution in [3.8, 4) is 0 Å². The molecule has 0 N–H and O–H groups in total. The summed E-state index contributed by atoms with van der Waals surface area (Å²) in [6.07, 6.45) is 0.116. The van der Waals surface area contributed by atoms with Gasteiger partial charge in [0, 0.05) is 6.04 Å². The second kappa shape index (κ2) is 4.16. The first-order valence-corrected chi connectivity index (χ1v) is 6.72. The summed E-state index contributed by atoms with van der Waals surface area (Å²) in [4.78, 5) is 0. The van der Waals surface area contributed by atoms with Crippen LogP contribution in [0.3, 0.4) is 0 Å². The third-order valence-electron chi connectivity index (χ3n) is 2.60. The van der Waals surface area contributed by atoms with Crippen molar-refractivity contribution in [2.24, 2.45) is 0 Å². The predicted molar refractivity (Wildman–Crippen MR) is 60.3 cm³/mol. The molecular weight excluding hydrogens is 217 g/mol. The number of hydrogen-bond donors (Lipinski definition) is 0. The molecule has 1 aromatic carbocycles. The second-order valence-electron chi connectivity index (χ2n) is 3.48. The summed E-state index contributed by atoms with van der Waals surface area (Å²) in [6.45, 7) is 2.14. The SMILES string of the molecule is C[C@H]1[C@@H](c2ccccc2)O[P@](Cl)N1C. The zero-order valence-corrected chi connectivity index (χ0v) is 9.87. The van der Waals surface area contributed by atoms with Crippen molar-refractivity contribution in [2.75, 3.05) is 7.05 Å². The summed E-state index contributed by atoms with van der Waals surface area (Å²) < 4.78 is 7.82. The van der Waals surface area contributed by atoms with Gasteiger partial charge in [0.15, 0.2) is 0 Å². The monoisotopic (exact) mass is 229 g/mol. The van der Waals surface area contributed by atoms with Crippen molar-refractivity contribution in [2.45, 2.75) is 19.1 Å². The van der Waals surface area contributed by atoms with Crippen molar-refractivity contribution < 1.29 is 4.52 Å². The van der Waals surface area contributed by atoms with Crippen LogP contribution < -0.4 is 0 Å². The Labute approximate surface area is 90.5 Å². The van der Waals surface area contributed by atoms with Gasteiger partial charge < -0.3 is 4.52 Å². The lowest BCUT2D eigenvalue weighted by molar-refractivity contribution is 0.219. The van der Waals surface area contributed by atoms with Crippen LogP contribution in [0.4, 0.5) is 0 Å². The fourth-order valence-electron chi connectivity index (χ4n) is 1.58. The molecule has 0 radical (unpaired) electrons. The smallest absolute Gasteiger partial charge is 0.207 e. The zero-order chi connectivity index (χ0) is 10.1. The number of likely N-dealkylation sites (N-methyl/N-ethyl adjacent to an activating group) is 1. The summed E-state index contributed by atoms with van der Waals surface area (Å²) in [5, 5.41) is 0. The Morgan fingerprint density at radius 1 is 1.36 bits per heavy atom. The normalized spacial score (nSPS) is 33.5. The van der Waals surface area contributed by atoms with Crippen molar-refractivity contribution >= 4 is 18.9 Å². The number of hydrogen-bond acceptors (Lipinski definition) is 2. The molecule has 3 atom stereocenters. The lowest BCUT2D eigenvalue weighted by atomic mass is 10.0. The third kappa shape index (κ3) is 1.80. The van der Waals surface area contributed by atoms with Crippen LogP contribution in [0.5, 0.6) is 0 Å². The summed E-state index contributed by atoms with van der Waals surface area (Å²) >= 11 is 6.07. The van der Waals surface area contributed by atoms with E-state index in [1.807, 2.05) is 25.2 Å². The van der Waals surface area contributed by atoms with Gasteiger partial charge in [-0.05, 0) is 30.8 Å². The number of benzene rings is 1. The van der Waals surface area contributed by atoms with Crippen LogP contribution in [0.1, 0.15) is 18.6 Å². The van der Waals surface area contributed by atoms with Gasteiger partial charge in [-0.2, -0.15) is 0 Å². The van der Waals surface area contributed by atoms with E-state index in [2.05, 4.69) is 23.7 Å². The Kier molecular flexibility index (Phi) is 3.08. The predicted octanol–water partition coefficient (Wildman–Crippen LogP) is 3.54. The number of rotatable bonds is 1. The van der Waals surface area contributed by atoms with E-state index in [1.165, 1.54) is 5.56 Å². The maximum Gasteiger partial charge on any atom is 0.207 e. The number of nitrogens with zero attached hydrogens (tertiary/aromatic N) is 1. The molecule has 14 heavy (non-hydrogen) atoms. The average molecular weight is 230 g/mol. The fourth-order valence-corrected chi connectivity index (χ4v) is 3.29. The van der Waals surface area contributed by atoms with Crippen LogP contribution in [-0.2, 0) is 4.52 Å². The standard InChI is InChI=1S/C10H13ClNOP/c1-8-10(13-14(11)12(8)2)9-6-4-3-5-7-9/h3-8,10H,1-2H3/t8-,10-,14+/m0/s1. The molecule has 1 aliphatic heterocycles. The summed E-state index contributed by atoms with van der Waals surface area (Å²) in [5.74, 6) is 0. The molecule has 1 saturated heterocycles. The van der Waals surface area contributed by atoms with E-state index in [1.54, 1.807) is 0 Å². The molecule has 0 saturated carbocycles. The minimum Gasteiger partial charge on any atom is -0.322 e. The van der Waals surface area contributed by atoms with Gasteiger partial charge in [-0.15, -0.1) is 0 Å². The van der Waals surface area contributed by atoms with Crippen molar-refractivity contribution in [3.05, 3.63) is 35.9 Å². The molecule has 0 amide bonds.